The first kappa shape index (κ1) is 17.4. The highest BCUT2D eigenvalue weighted by molar-refractivity contribution is 6.14. The molecular weight excluding hydrogens is 350 g/mol. The number of nitrogens with two attached hydrogens (primary N) is 1. The summed E-state index contributed by atoms with van der Waals surface area (Å²) in [4.78, 5) is 29.4. The minimum Gasteiger partial charge on any atom is -0.366 e. The standard InChI is InChI=1S/C23H17N3O2/c24-22(27)17-11-5-7-13-20(17)26-23(28)18-14-21(15-8-2-1-3-9-15)25-19-12-6-4-10-16(18)19/h1-14H,(H2,24,27)(H,26,28). The van der Waals surface area contributed by atoms with Crippen molar-refractivity contribution in [2.45, 2.75) is 0 Å². The van der Waals surface area contributed by atoms with Crippen LogP contribution in [0.15, 0.2) is 84.9 Å². The molecule has 0 spiro atoms. The van der Waals surface area contributed by atoms with Gasteiger partial charge in [-0.2, -0.15) is 0 Å². The third kappa shape index (κ3) is 3.33. The number of rotatable bonds is 4. The molecule has 0 aliphatic rings. The summed E-state index contributed by atoms with van der Waals surface area (Å²) in [5, 5.41) is 3.54. The lowest BCUT2D eigenvalue weighted by Crippen LogP contribution is -2.18. The van der Waals surface area contributed by atoms with E-state index >= 15 is 0 Å². The van der Waals surface area contributed by atoms with Gasteiger partial charge >= 0.3 is 0 Å². The van der Waals surface area contributed by atoms with E-state index in [4.69, 9.17) is 5.73 Å². The number of nitrogens with zero attached hydrogens (tertiary/aromatic N) is 1. The maximum Gasteiger partial charge on any atom is 0.256 e. The number of aromatic nitrogens is 1. The largest absolute Gasteiger partial charge is 0.366 e. The summed E-state index contributed by atoms with van der Waals surface area (Å²) in [5.41, 5.74) is 8.87. The average Bonchev–Trinajstić information content (AvgIpc) is 2.73. The zero-order valence-electron chi connectivity index (χ0n) is 14.9. The fourth-order valence-electron chi connectivity index (χ4n) is 3.12. The molecule has 136 valence electrons. The van der Waals surface area contributed by atoms with Crippen molar-refractivity contribution in [1.29, 1.82) is 0 Å². The van der Waals surface area contributed by atoms with Gasteiger partial charge in [0.2, 0.25) is 0 Å². The van der Waals surface area contributed by atoms with E-state index in [1.165, 1.54) is 0 Å². The Morgan fingerprint density at radius 3 is 2.25 bits per heavy atom. The van der Waals surface area contributed by atoms with Crippen molar-refractivity contribution >= 4 is 28.4 Å². The lowest BCUT2D eigenvalue weighted by Gasteiger charge is -2.12. The van der Waals surface area contributed by atoms with Crippen molar-refractivity contribution in [2.75, 3.05) is 5.32 Å². The predicted molar refractivity (Wildman–Crippen MR) is 110 cm³/mol. The van der Waals surface area contributed by atoms with Crippen molar-refractivity contribution in [2.24, 2.45) is 5.73 Å². The van der Waals surface area contributed by atoms with E-state index in [-0.39, 0.29) is 11.5 Å². The third-order valence-electron chi connectivity index (χ3n) is 4.47. The Kier molecular flexibility index (Phi) is 4.56. The number of carbonyl (C=O) groups excluding carboxylic acids is 2. The SMILES string of the molecule is NC(=O)c1ccccc1NC(=O)c1cc(-c2ccccc2)nc2ccccc12. The van der Waals surface area contributed by atoms with E-state index in [2.05, 4.69) is 10.3 Å². The Hall–Kier alpha value is -3.99. The molecule has 2 amide bonds. The van der Waals surface area contributed by atoms with Crippen LogP contribution in [0.2, 0.25) is 0 Å². The lowest BCUT2D eigenvalue weighted by atomic mass is 10.0. The second-order valence-electron chi connectivity index (χ2n) is 6.30. The molecule has 0 unspecified atom stereocenters. The minimum atomic E-state index is -0.597. The van der Waals surface area contributed by atoms with Crippen LogP contribution < -0.4 is 11.1 Å². The molecule has 0 fully saturated rings. The first-order valence-corrected chi connectivity index (χ1v) is 8.79. The third-order valence-corrected chi connectivity index (χ3v) is 4.47. The maximum absolute atomic E-state index is 13.1. The molecule has 3 aromatic carbocycles. The number of hydrogen-bond acceptors (Lipinski definition) is 3. The van der Waals surface area contributed by atoms with Crippen LogP contribution in [0.3, 0.4) is 0 Å². The van der Waals surface area contributed by atoms with Crippen molar-refractivity contribution in [3.8, 4) is 11.3 Å². The fraction of sp³-hybridized carbons (Fsp3) is 0. The van der Waals surface area contributed by atoms with E-state index in [1.807, 2.05) is 54.6 Å². The van der Waals surface area contributed by atoms with Crippen molar-refractivity contribution in [1.82, 2.24) is 4.98 Å². The monoisotopic (exact) mass is 367 g/mol. The highest BCUT2D eigenvalue weighted by atomic mass is 16.2. The summed E-state index contributed by atoms with van der Waals surface area (Å²) >= 11 is 0. The molecule has 0 atom stereocenters. The van der Waals surface area contributed by atoms with Gasteiger partial charge in [-0.1, -0.05) is 60.7 Å². The molecule has 0 radical (unpaired) electrons. The number of fused-ring (bicyclic) bond motifs is 1. The molecule has 4 aromatic rings. The Balaban J connectivity index is 1.82. The molecule has 0 bridgehead atoms. The van der Waals surface area contributed by atoms with Gasteiger partial charge in [0.25, 0.3) is 11.8 Å². The fourth-order valence-corrected chi connectivity index (χ4v) is 3.12. The van der Waals surface area contributed by atoms with Crippen LogP contribution in [0.1, 0.15) is 20.7 Å². The van der Waals surface area contributed by atoms with Crippen LogP contribution in [-0.4, -0.2) is 16.8 Å². The molecular formula is C23H17N3O2. The summed E-state index contributed by atoms with van der Waals surface area (Å²) in [5.74, 6) is -0.926. The van der Waals surface area contributed by atoms with Gasteiger partial charge < -0.3 is 11.1 Å². The van der Waals surface area contributed by atoms with E-state index in [1.54, 1.807) is 30.3 Å². The van der Waals surface area contributed by atoms with Crippen molar-refractivity contribution in [3.05, 3.63) is 96.1 Å². The number of benzene rings is 3. The van der Waals surface area contributed by atoms with Gasteiger partial charge in [0.05, 0.1) is 28.0 Å². The lowest BCUT2D eigenvalue weighted by molar-refractivity contribution is 0.100. The summed E-state index contributed by atoms with van der Waals surface area (Å²) in [6.07, 6.45) is 0. The summed E-state index contributed by atoms with van der Waals surface area (Å²) in [6.45, 7) is 0. The van der Waals surface area contributed by atoms with E-state index < -0.39 is 5.91 Å². The molecule has 28 heavy (non-hydrogen) atoms. The zero-order valence-corrected chi connectivity index (χ0v) is 14.9. The molecule has 5 heteroatoms. The number of para-hydroxylation sites is 2. The molecule has 1 aromatic heterocycles. The molecule has 5 nitrogen and oxygen atoms in total. The molecule has 0 saturated heterocycles. The van der Waals surface area contributed by atoms with Crippen LogP contribution in [0.5, 0.6) is 0 Å². The van der Waals surface area contributed by atoms with Gasteiger partial charge in [-0.3, -0.25) is 9.59 Å². The molecule has 4 rings (SSSR count). The topological polar surface area (TPSA) is 85.1 Å². The highest BCUT2D eigenvalue weighted by Crippen LogP contribution is 2.26. The Bertz CT molecular complexity index is 1190. The number of amides is 2. The number of nitrogens with one attached hydrogen (secondary N) is 1. The summed E-state index contributed by atoms with van der Waals surface area (Å²) in [7, 11) is 0. The van der Waals surface area contributed by atoms with Crippen molar-refractivity contribution in [3.63, 3.8) is 0 Å². The van der Waals surface area contributed by atoms with E-state index in [0.717, 1.165) is 16.5 Å². The van der Waals surface area contributed by atoms with Crippen LogP contribution in [-0.2, 0) is 0 Å². The molecule has 0 saturated carbocycles. The zero-order chi connectivity index (χ0) is 19.5. The Morgan fingerprint density at radius 1 is 0.786 bits per heavy atom. The van der Waals surface area contributed by atoms with Gasteiger partial charge in [0.1, 0.15) is 0 Å². The second kappa shape index (κ2) is 7.32. The Labute approximate surface area is 161 Å². The molecule has 1 heterocycles. The maximum atomic E-state index is 13.1. The quantitative estimate of drug-likeness (QED) is 0.565. The van der Waals surface area contributed by atoms with Crippen molar-refractivity contribution < 1.29 is 9.59 Å². The minimum absolute atomic E-state index is 0.262. The van der Waals surface area contributed by atoms with E-state index in [9.17, 15) is 9.59 Å². The number of hydrogen-bond donors (Lipinski definition) is 2. The Morgan fingerprint density at radius 2 is 1.46 bits per heavy atom. The molecule has 0 aliphatic heterocycles. The van der Waals surface area contributed by atoms with Crippen LogP contribution in [0, 0.1) is 0 Å². The van der Waals surface area contributed by atoms with Crippen LogP contribution >= 0.6 is 0 Å². The van der Waals surface area contributed by atoms with Gasteiger partial charge in [0.15, 0.2) is 0 Å². The first-order chi connectivity index (χ1) is 13.6. The molecule has 3 N–H and O–H groups in total. The number of pyridine rings is 1. The smallest absolute Gasteiger partial charge is 0.256 e. The first-order valence-electron chi connectivity index (χ1n) is 8.79. The number of primary amides is 1. The van der Waals surface area contributed by atoms with Gasteiger partial charge in [-0.15, -0.1) is 0 Å². The summed E-state index contributed by atoms with van der Waals surface area (Å²) < 4.78 is 0. The average molecular weight is 367 g/mol. The van der Waals surface area contributed by atoms with Crippen LogP contribution in [0.4, 0.5) is 5.69 Å². The number of carbonyl (C=O) groups is 2. The van der Waals surface area contributed by atoms with Gasteiger partial charge in [-0.25, -0.2) is 4.98 Å². The highest BCUT2D eigenvalue weighted by Gasteiger charge is 2.16. The van der Waals surface area contributed by atoms with Gasteiger partial charge in [-0.05, 0) is 24.3 Å². The second-order valence-corrected chi connectivity index (χ2v) is 6.30. The van der Waals surface area contributed by atoms with E-state index in [0.29, 0.717) is 16.9 Å². The van der Waals surface area contributed by atoms with Gasteiger partial charge in [0, 0.05) is 10.9 Å². The summed E-state index contributed by atoms with van der Waals surface area (Å²) in [6, 6.07) is 25.6. The van der Waals surface area contributed by atoms with Crippen LogP contribution in [0.25, 0.3) is 22.2 Å². The molecule has 0 aliphatic carbocycles. The predicted octanol–water partition coefficient (Wildman–Crippen LogP) is 4.25. The number of anilines is 1. The normalized spacial score (nSPS) is 10.6.